The lowest BCUT2D eigenvalue weighted by atomic mass is 10.1. The average Bonchev–Trinajstić information content (AvgIpc) is 2.36. The Labute approximate surface area is 107 Å². The number of nitro benzene ring substituents is 1. The molecule has 0 fully saturated rings. The molecule has 0 bridgehead atoms. The molecule has 0 saturated heterocycles. The van der Waals surface area contributed by atoms with Gasteiger partial charge in [-0.25, -0.2) is 4.79 Å². The van der Waals surface area contributed by atoms with Crippen LogP contribution >= 0.6 is 0 Å². The summed E-state index contributed by atoms with van der Waals surface area (Å²) in [4.78, 5) is 32.0. The molecule has 0 radical (unpaired) electrons. The van der Waals surface area contributed by atoms with Crippen molar-refractivity contribution in [3.63, 3.8) is 0 Å². The van der Waals surface area contributed by atoms with Crippen LogP contribution in [0.25, 0.3) is 0 Å². The zero-order chi connectivity index (χ0) is 14.4. The van der Waals surface area contributed by atoms with Crippen molar-refractivity contribution in [3.05, 3.63) is 33.9 Å². The second-order valence-corrected chi connectivity index (χ2v) is 3.43. The molecule has 102 valence electrons. The van der Waals surface area contributed by atoms with E-state index in [4.69, 9.17) is 11.5 Å². The first-order valence-corrected chi connectivity index (χ1v) is 5.14. The number of nitrogens with two attached hydrogens (primary N) is 2. The number of nitro groups is 1. The van der Waals surface area contributed by atoms with Crippen LogP contribution in [0.2, 0.25) is 0 Å². The fourth-order valence-corrected chi connectivity index (χ4v) is 1.34. The van der Waals surface area contributed by atoms with Gasteiger partial charge >= 0.3 is 6.09 Å². The molecule has 1 aromatic rings. The zero-order valence-corrected chi connectivity index (χ0v) is 9.79. The first kappa shape index (κ1) is 14.4. The van der Waals surface area contributed by atoms with Crippen molar-refractivity contribution >= 4 is 23.4 Å². The molecule has 0 unspecified atom stereocenters. The highest BCUT2D eigenvalue weighted by molar-refractivity contribution is 5.95. The Morgan fingerprint density at radius 2 is 2.11 bits per heavy atom. The standard InChI is InChI=1S/C10H12N4O5/c11-4-8(15)13-9-6(5-19-10(12)16)2-1-3-7(9)14(17)18/h1-3H,4-5,11H2,(H2,12,16)(H,13,15). The van der Waals surface area contributed by atoms with Crippen LogP contribution < -0.4 is 16.8 Å². The van der Waals surface area contributed by atoms with Crippen molar-refractivity contribution in [3.8, 4) is 0 Å². The van der Waals surface area contributed by atoms with Gasteiger partial charge < -0.3 is 21.5 Å². The van der Waals surface area contributed by atoms with Gasteiger partial charge in [0.05, 0.1) is 11.5 Å². The van der Waals surface area contributed by atoms with Crippen molar-refractivity contribution in [2.75, 3.05) is 11.9 Å². The number of carbonyl (C=O) groups excluding carboxylic acids is 2. The van der Waals surface area contributed by atoms with Gasteiger partial charge in [-0.2, -0.15) is 0 Å². The molecule has 9 nitrogen and oxygen atoms in total. The summed E-state index contributed by atoms with van der Waals surface area (Å²) >= 11 is 0. The van der Waals surface area contributed by atoms with Crippen molar-refractivity contribution < 1.29 is 19.2 Å². The number of hydrogen-bond donors (Lipinski definition) is 3. The molecule has 0 aliphatic rings. The Morgan fingerprint density at radius 3 is 2.63 bits per heavy atom. The smallest absolute Gasteiger partial charge is 0.404 e. The second-order valence-electron chi connectivity index (χ2n) is 3.43. The average molecular weight is 268 g/mol. The summed E-state index contributed by atoms with van der Waals surface area (Å²) in [7, 11) is 0. The van der Waals surface area contributed by atoms with Crippen molar-refractivity contribution in [2.24, 2.45) is 11.5 Å². The van der Waals surface area contributed by atoms with E-state index < -0.39 is 16.9 Å². The van der Waals surface area contributed by atoms with Gasteiger partial charge in [0.2, 0.25) is 5.91 Å². The monoisotopic (exact) mass is 268 g/mol. The summed E-state index contributed by atoms with van der Waals surface area (Å²) in [5, 5.41) is 13.2. The molecule has 1 rings (SSSR count). The molecular weight excluding hydrogens is 256 g/mol. The van der Waals surface area contributed by atoms with E-state index in [2.05, 4.69) is 10.1 Å². The zero-order valence-electron chi connectivity index (χ0n) is 9.79. The number of anilines is 1. The molecule has 0 spiro atoms. The molecule has 0 aliphatic heterocycles. The summed E-state index contributed by atoms with van der Waals surface area (Å²) in [6.45, 7) is -0.626. The maximum absolute atomic E-state index is 11.3. The van der Waals surface area contributed by atoms with Crippen LogP contribution in [-0.2, 0) is 16.1 Å². The first-order valence-electron chi connectivity index (χ1n) is 5.14. The Bertz CT molecular complexity index is 517. The van der Waals surface area contributed by atoms with Crippen LogP contribution in [0.5, 0.6) is 0 Å². The van der Waals surface area contributed by atoms with Crippen molar-refractivity contribution in [2.45, 2.75) is 6.61 Å². The molecule has 0 aliphatic carbocycles. The third-order valence-electron chi connectivity index (χ3n) is 2.15. The van der Waals surface area contributed by atoms with E-state index in [1.165, 1.54) is 18.2 Å². The minimum Gasteiger partial charge on any atom is -0.445 e. The number of nitrogens with zero attached hydrogens (tertiary/aromatic N) is 1. The molecule has 9 heteroatoms. The Balaban J connectivity index is 3.13. The van der Waals surface area contributed by atoms with Crippen molar-refractivity contribution in [1.82, 2.24) is 0 Å². The highest BCUT2D eigenvalue weighted by Crippen LogP contribution is 2.28. The fraction of sp³-hybridized carbons (Fsp3) is 0.200. The second kappa shape index (κ2) is 6.31. The van der Waals surface area contributed by atoms with Crippen LogP contribution in [0.3, 0.4) is 0 Å². The number of ether oxygens (including phenoxy) is 1. The van der Waals surface area contributed by atoms with Gasteiger partial charge in [-0.1, -0.05) is 12.1 Å². The molecule has 0 saturated carbocycles. The minimum atomic E-state index is -1.03. The third kappa shape index (κ3) is 3.92. The predicted molar refractivity (Wildman–Crippen MR) is 65.2 cm³/mol. The first-order chi connectivity index (χ1) is 8.95. The molecule has 2 amide bonds. The maximum atomic E-state index is 11.3. The lowest BCUT2D eigenvalue weighted by Crippen LogP contribution is -2.23. The van der Waals surface area contributed by atoms with Gasteiger partial charge in [-0.05, 0) is 0 Å². The Hall–Kier alpha value is -2.68. The topological polar surface area (TPSA) is 151 Å². The number of carbonyl (C=O) groups is 2. The van der Waals surface area contributed by atoms with Gasteiger partial charge in [0.15, 0.2) is 0 Å². The van der Waals surface area contributed by atoms with Crippen LogP contribution in [0, 0.1) is 10.1 Å². The molecule has 5 N–H and O–H groups in total. The summed E-state index contributed by atoms with van der Waals surface area (Å²) in [6, 6.07) is 4.07. The van der Waals surface area contributed by atoms with E-state index in [9.17, 15) is 19.7 Å². The molecule has 0 heterocycles. The van der Waals surface area contributed by atoms with Crippen LogP contribution in [0.4, 0.5) is 16.2 Å². The number of nitrogens with one attached hydrogen (secondary N) is 1. The molecular formula is C10H12N4O5. The van der Waals surface area contributed by atoms with E-state index in [1.54, 1.807) is 0 Å². The van der Waals surface area contributed by atoms with Crippen molar-refractivity contribution in [1.29, 1.82) is 0 Å². The minimum absolute atomic E-state index is 0.0656. The molecule has 19 heavy (non-hydrogen) atoms. The quantitative estimate of drug-likeness (QED) is 0.508. The van der Waals surface area contributed by atoms with E-state index in [0.29, 0.717) is 0 Å². The Morgan fingerprint density at radius 1 is 1.42 bits per heavy atom. The van der Waals surface area contributed by atoms with Gasteiger partial charge in [0, 0.05) is 11.6 Å². The molecule has 0 atom stereocenters. The summed E-state index contributed by atoms with van der Waals surface area (Å²) < 4.78 is 4.55. The van der Waals surface area contributed by atoms with Gasteiger partial charge in [0.25, 0.3) is 5.69 Å². The van der Waals surface area contributed by atoms with E-state index >= 15 is 0 Å². The lowest BCUT2D eigenvalue weighted by molar-refractivity contribution is -0.384. The van der Waals surface area contributed by atoms with E-state index in [-0.39, 0.29) is 30.1 Å². The highest BCUT2D eigenvalue weighted by Gasteiger charge is 2.19. The summed E-state index contributed by atoms with van der Waals surface area (Å²) in [5.74, 6) is -0.602. The maximum Gasteiger partial charge on any atom is 0.404 e. The van der Waals surface area contributed by atoms with E-state index in [1.807, 2.05) is 0 Å². The molecule has 0 aromatic heterocycles. The fourth-order valence-electron chi connectivity index (χ4n) is 1.34. The largest absolute Gasteiger partial charge is 0.445 e. The highest BCUT2D eigenvalue weighted by atomic mass is 16.6. The van der Waals surface area contributed by atoms with Crippen LogP contribution in [-0.4, -0.2) is 23.5 Å². The third-order valence-corrected chi connectivity index (χ3v) is 2.15. The van der Waals surface area contributed by atoms with Crippen LogP contribution in [0.1, 0.15) is 5.56 Å². The van der Waals surface area contributed by atoms with Gasteiger partial charge in [0.1, 0.15) is 12.3 Å². The summed E-state index contributed by atoms with van der Waals surface area (Å²) in [6.07, 6.45) is -1.03. The number of hydrogen-bond acceptors (Lipinski definition) is 6. The number of rotatable bonds is 5. The van der Waals surface area contributed by atoms with Crippen LogP contribution in [0.15, 0.2) is 18.2 Å². The summed E-state index contributed by atoms with van der Waals surface area (Å²) in [5.41, 5.74) is 9.80. The lowest BCUT2D eigenvalue weighted by Gasteiger charge is -2.10. The molecule has 1 aromatic carbocycles. The number of benzene rings is 1. The number of para-hydroxylation sites is 1. The Kier molecular flexibility index (Phi) is 4.77. The normalized spacial score (nSPS) is 9.74. The number of amides is 2. The number of primary amides is 1. The van der Waals surface area contributed by atoms with E-state index in [0.717, 1.165) is 0 Å². The predicted octanol–water partition coefficient (Wildman–Crippen LogP) is 0.0873. The van der Waals surface area contributed by atoms with Gasteiger partial charge in [-0.15, -0.1) is 0 Å². The van der Waals surface area contributed by atoms with Gasteiger partial charge in [-0.3, -0.25) is 14.9 Å². The SMILES string of the molecule is NCC(=O)Nc1c(COC(N)=O)cccc1[N+](=O)[O-].